The van der Waals surface area contributed by atoms with Crippen LogP contribution in [0.25, 0.3) is 26.1 Å². The van der Waals surface area contributed by atoms with Crippen molar-refractivity contribution in [3.8, 4) is 5.69 Å². The maximum Gasteiger partial charge on any atom is 0.0707 e. The number of thiophene rings is 2. The first-order chi connectivity index (χ1) is 8.84. The van der Waals surface area contributed by atoms with Crippen LogP contribution >= 0.6 is 22.7 Å². The maximum absolute atomic E-state index is 2.37. The predicted octanol–water partition coefficient (Wildman–Crippen LogP) is 5.22. The van der Waals surface area contributed by atoms with E-state index in [0.29, 0.717) is 0 Å². The van der Waals surface area contributed by atoms with Crippen molar-refractivity contribution in [1.82, 2.24) is 4.57 Å². The Bertz CT molecular complexity index is 833. The van der Waals surface area contributed by atoms with Gasteiger partial charge >= 0.3 is 0 Å². The van der Waals surface area contributed by atoms with Crippen molar-refractivity contribution < 1.29 is 0 Å². The molecule has 0 N–H and O–H groups in total. The van der Waals surface area contributed by atoms with Gasteiger partial charge in [-0.2, -0.15) is 0 Å². The molecular formula is C15H11NS2. The second kappa shape index (κ2) is 3.70. The van der Waals surface area contributed by atoms with Crippen LogP contribution in [0.3, 0.4) is 0 Å². The summed E-state index contributed by atoms with van der Waals surface area (Å²) in [6.07, 6.45) is 0. The number of hydrogen-bond donors (Lipinski definition) is 0. The molecule has 4 rings (SSSR count). The molecule has 0 unspecified atom stereocenters. The van der Waals surface area contributed by atoms with Gasteiger partial charge in [0.1, 0.15) is 0 Å². The molecule has 3 heteroatoms. The van der Waals surface area contributed by atoms with Crippen molar-refractivity contribution in [2.75, 3.05) is 0 Å². The van der Waals surface area contributed by atoms with E-state index in [0.717, 1.165) is 0 Å². The first kappa shape index (κ1) is 10.4. The molecule has 0 aliphatic heterocycles. The minimum absolute atomic E-state index is 1.24. The molecule has 3 aromatic heterocycles. The number of aromatic nitrogens is 1. The first-order valence-electron chi connectivity index (χ1n) is 5.88. The summed E-state index contributed by atoms with van der Waals surface area (Å²) >= 11 is 3.73. The summed E-state index contributed by atoms with van der Waals surface area (Å²) in [5.41, 5.74) is 3.91. The van der Waals surface area contributed by atoms with Crippen molar-refractivity contribution in [1.29, 1.82) is 0 Å². The van der Waals surface area contributed by atoms with Gasteiger partial charge < -0.3 is 4.57 Å². The predicted molar refractivity (Wildman–Crippen MR) is 81.3 cm³/mol. The lowest BCUT2D eigenvalue weighted by molar-refractivity contribution is 1.18. The second-order valence-electron chi connectivity index (χ2n) is 4.38. The van der Waals surface area contributed by atoms with Crippen LogP contribution in [0.1, 0.15) is 4.88 Å². The molecule has 0 saturated heterocycles. The van der Waals surface area contributed by atoms with Crippen LogP contribution in [0.5, 0.6) is 0 Å². The highest BCUT2D eigenvalue weighted by atomic mass is 32.1. The van der Waals surface area contributed by atoms with E-state index in [1.807, 2.05) is 22.7 Å². The molecule has 0 fully saturated rings. The number of rotatable bonds is 1. The summed E-state index contributed by atoms with van der Waals surface area (Å²) in [5.74, 6) is 0. The smallest absolute Gasteiger partial charge is 0.0707 e. The van der Waals surface area contributed by atoms with Crippen LogP contribution in [0.15, 0.2) is 47.8 Å². The standard InChI is InChI=1S/C15H11NS2/c1-10-9-13-15(18-10)14-12(7-8-17-14)16(13)11-5-3-2-4-6-11/h2-9H,1H3. The Morgan fingerprint density at radius 1 is 0.944 bits per heavy atom. The van der Waals surface area contributed by atoms with Crippen molar-refractivity contribution >= 4 is 43.1 Å². The lowest BCUT2D eigenvalue weighted by atomic mass is 10.3. The van der Waals surface area contributed by atoms with Gasteiger partial charge in [0.2, 0.25) is 0 Å². The van der Waals surface area contributed by atoms with Crippen LogP contribution < -0.4 is 0 Å². The Morgan fingerprint density at radius 3 is 2.61 bits per heavy atom. The monoisotopic (exact) mass is 269 g/mol. The number of hydrogen-bond acceptors (Lipinski definition) is 2. The summed E-state index contributed by atoms with van der Waals surface area (Å²) in [6.45, 7) is 2.18. The number of aryl methyl sites for hydroxylation is 1. The van der Waals surface area contributed by atoms with Gasteiger partial charge in [0.25, 0.3) is 0 Å². The zero-order valence-corrected chi connectivity index (χ0v) is 11.5. The Balaban J connectivity index is 2.21. The van der Waals surface area contributed by atoms with Crippen LogP contribution in [0.2, 0.25) is 0 Å². The highest BCUT2D eigenvalue weighted by Crippen LogP contribution is 2.39. The third-order valence-electron chi connectivity index (χ3n) is 3.18. The van der Waals surface area contributed by atoms with Crippen LogP contribution in [0.4, 0.5) is 0 Å². The largest absolute Gasteiger partial charge is 0.307 e. The van der Waals surface area contributed by atoms with Crippen LogP contribution in [-0.2, 0) is 0 Å². The number of benzene rings is 1. The number of nitrogens with zero attached hydrogens (tertiary/aromatic N) is 1. The average molecular weight is 269 g/mol. The number of fused-ring (bicyclic) bond motifs is 3. The molecule has 18 heavy (non-hydrogen) atoms. The Kier molecular flexibility index (Phi) is 2.13. The van der Waals surface area contributed by atoms with Gasteiger partial charge in [-0.05, 0) is 36.6 Å². The van der Waals surface area contributed by atoms with E-state index in [1.54, 1.807) is 0 Å². The topological polar surface area (TPSA) is 4.93 Å². The van der Waals surface area contributed by atoms with E-state index in [1.165, 1.54) is 31.0 Å². The van der Waals surface area contributed by atoms with Gasteiger partial charge in [-0.25, -0.2) is 0 Å². The van der Waals surface area contributed by atoms with Crippen molar-refractivity contribution in [3.63, 3.8) is 0 Å². The van der Waals surface area contributed by atoms with Crippen LogP contribution in [0, 0.1) is 6.92 Å². The normalized spacial score (nSPS) is 11.6. The molecule has 0 atom stereocenters. The summed E-state index contributed by atoms with van der Waals surface area (Å²) in [6, 6.07) is 15.1. The summed E-state index contributed by atoms with van der Waals surface area (Å²) in [7, 11) is 0. The molecule has 0 aliphatic rings. The van der Waals surface area contributed by atoms with Crippen molar-refractivity contribution in [2.24, 2.45) is 0 Å². The zero-order valence-electron chi connectivity index (χ0n) is 9.88. The molecule has 0 bridgehead atoms. The van der Waals surface area contributed by atoms with E-state index >= 15 is 0 Å². The van der Waals surface area contributed by atoms with Gasteiger partial charge in [0, 0.05) is 10.6 Å². The van der Waals surface area contributed by atoms with Gasteiger partial charge in [-0.3, -0.25) is 0 Å². The molecule has 0 spiro atoms. The lowest BCUT2D eigenvalue weighted by Gasteiger charge is -2.04. The summed E-state index contributed by atoms with van der Waals surface area (Å²) < 4.78 is 5.19. The first-order valence-corrected chi connectivity index (χ1v) is 7.58. The second-order valence-corrected chi connectivity index (χ2v) is 6.55. The molecule has 88 valence electrons. The minimum Gasteiger partial charge on any atom is -0.307 e. The SMILES string of the molecule is Cc1cc2c(s1)c1sccc1n2-c1ccccc1. The van der Waals surface area contributed by atoms with E-state index in [4.69, 9.17) is 0 Å². The molecule has 1 aromatic carbocycles. The third kappa shape index (κ3) is 1.32. The fraction of sp³-hybridized carbons (Fsp3) is 0.0667. The quantitative estimate of drug-likeness (QED) is 0.447. The van der Waals surface area contributed by atoms with Gasteiger partial charge in [0.15, 0.2) is 0 Å². The average Bonchev–Trinajstić information content (AvgIpc) is 3.02. The molecule has 3 heterocycles. The lowest BCUT2D eigenvalue weighted by Crippen LogP contribution is -1.91. The van der Waals surface area contributed by atoms with Gasteiger partial charge in [-0.1, -0.05) is 18.2 Å². The maximum atomic E-state index is 2.37. The van der Waals surface area contributed by atoms with Gasteiger partial charge in [-0.15, -0.1) is 22.7 Å². The minimum atomic E-state index is 1.24. The van der Waals surface area contributed by atoms with Crippen LogP contribution in [-0.4, -0.2) is 4.57 Å². The molecule has 4 aromatic rings. The number of para-hydroxylation sites is 1. The fourth-order valence-corrected chi connectivity index (χ4v) is 4.50. The summed E-state index contributed by atoms with van der Waals surface area (Å²) in [5, 5.41) is 2.18. The molecule has 0 amide bonds. The third-order valence-corrected chi connectivity index (χ3v) is 5.29. The van der Waals surface area contributed by atoms with E-state index < -0.39 is 0 Å². The molecule has 0 radical (unpaired) electrons. The van der Waals surface area contributed by atoms with E-state index in [9.17, 15) is 0 Å². The Labute approximate surface area is 113 Å². The molecule has 0 aliphatic carbocycles. The molecule has 0 saturated carbocycles. The van der Waals surface area contributed by atoms with E-state index in [2.05, 4.69) is 59.3 Å². The summed E-state index contributed by atoms with van der Waals surface area (Å²) in [4.78, 5) is 1.37. The highest BCUT2D eigenvalue weighted by Gasteiger charge is 2.14. The highest BCUT2D eigenvalue weighted by molar-refractivity contribution is 7.26. The fourth-order valence-electron chi connectivity index (χ4n) is 2.46. The van der Waals surface area contributed by atoms with Crippen molar-refractivity contribution in [2.45, 2.75) is 6.92 Å². The van der Waals surface area contributed by atoms with Gasteiger partial charge in [0.05, 0.1) is 20.4 Å². The van der Waals surface area contributed by atoms with E-state index in [-0.39, 0.29) is 0 Å². The molecule has 1 nitrogen and oxygen atoms in total. The Morgan fingerprint density at radius 2 is 1.78 bits per heavy atom. The molecular weight excluding hydrogens is 258 g/mol. The van der Waals surface area contributed by atoms with Crippen molar-refractivity contribution in [3.05, 3.63) is 52.7 Å². The zero-order chi connectivity index (χ0) is 12.1. The Hall–Kier alpha value is -1.58.